The summed E-state index contributed by atoms with van der Waals surface area (Å²) in [5, 5.41) is -0.204. The first kappa shape index (κ1) is 14.4. The van der Waals surface area contributed by atoms with E-state index in [2.05, 4.69) is 4.72 Å². The van der Waals surface area contributed by atoms with Crippen LogP contribution in [-0.2, 0) is 10.0 Å². The number of hydrogen-bond acceptors (Lipinski definition) is 2. The Morgan fingerprint density at radius 3 is 2.35 bits per heavy atom. The van der Waals surface area contributed by atoms with Crippen molar-refractivity contribution in [3.8, 4) is 0 Å². The van der Waals surface area contributed by atoms with Gasteiger partial charge in [0.05, 0.1) is 9.92 Å². The van der Waals surface area contributed by atoms with Gasteiger partial charge in [-0.15, -0.1) is 0 Å². The van der Waals surface area contributed by atoms with Crippen LogP contribution in [0.15, 0.2) is 23.1 Å². The van der Waals surface area contributed by atoms with Crippen LogP contribution in [0.4, 0.5) is 4.39 Å². The van der Waals surface area contributed by atoms with Gasteiger partial charge in [-0.1, -0.05) is 25.4 Å². The lowest BCUT2D eigenvalue weighted by molar-refractivity contribution is 0.476. The summed E-state index contributed by atoms with van der Waals surface area (Å²) in [5.41, 5.74) is 0. The van der Waals surface area contributed by atoms with Gasteiger partial charge >= 0.3 is 0 Å². The first-order valence-electron chi connectivity index (χ1n) is 5.21. The van der Waals surface area contributed by atoms with Gasteiger partial charge < -0.3 is 0 Å². The third kappa shape index (κ3) is 3.66. The molecule has 0 aliphatic rings. The molecular formula is C11H15ClFNO2S. The second-order valence-corrected chi connectivity index (χ2v) is 6.35. The van der Waals surface area contributed by atoms with Gasteiger partial charge in [-0.25, -0.2) is 17.5 Å². The molecule has 0 bridgehead atoms. The average Bonchev–Trinajstić information content (AvgIpc) is 2.21. The molecule has 0 aliphatic carbocycles. The van der Waals surface area contributed by atoms with Gasteiger partial charge in [0.2, 0.25) is 10.0 Å². The number of benzene rings is 1. The minimum absolute atomic E-state index is 0.0311. The molecule has 0 aliphatic heterocycles. The highest BCUT2D eigenvalue weighted by Gasteiger charge is 2.20. The number of nitrogens with one attached hydrogen (secondary N) is 1. The molecule has 1 aromatic rings. The zero-order valence-electron chi connectivity index (χ0n) is 9.87. The molecule has 3 nitrogen and oxygen atoms in total. The number of halogens is 2. The normalized spacial score (nSPS) is 14.0. The molecule has 0 saturated heterocycles. The Morgan fingerprint density at radius 1 is 1.29 bits per heavy atom. The van der Waals surface area contributed by atoms with E-state index in [9.17, 15) is 12.8 Å². The minimum Gasteiger partial charge on any atom is -0.208 e. The molecule has 0 aromatic heterocycles. The van der Waals surface area contributed by atoms with E-state index < -0.39 is 15.8 Å². The van der Waals surface area contributed by atoms with E-state index in [1.165, 1.54) is 6.07 Å². The molecule has 17 heavy (non-hydrogen) atoms. The highest BCUT2D eigenvalue weighted by molar-refractivity contribution is 7.89. The summed E-state index contributed by atoms with van der Waals surface area (Å²) in [6.07, 6.45) is 0. The summed E-state index contributed by atoms with van der Waals surface area (Å²) in [4.78, 5) is -0.0311. The van der Waals surface area contributed by atoms with Crippen LogP contribution >= 0.6 is 11.6 Å². The van der Waals surface area contributed by atoms with Crippen molar-refractivity contribution in [3.05, 3.63) is 29.0 Å². The second kappa shape index (κ2) is 5.33. The van der Waals surface area contributed by atoms with E-state index in [1.807, 2.05) is 13.8 Å². The van der Waals surface area contributed by atoms with Gasteiger partial charge in [-0.3, -0.25) is 0 Å². The van der Waals surface area contributed by atoms with Crippen molar-refractivity contribution in [1.82, 2.24) is 4.72 Å². The summed E-state index contributed by atoms with van der Waals surface area (Å²) in [7, 11) is -3.64. The highest BCUT2D eigenvalue weighted by atomic mass is 35.5. The van der Waals surface area contributed by atoms with E-state index >= 15 is 0 Å². The zero-order chi connectivity index (χ0) is 13.2. The summed E-state index contributed by atoms with van der Waals surface area (Å²) in [6.45, 7) is 5.59. The average molecular weight is 280 g/mol. The molecule has 1 rings (SSSR count). The maximum absolute atomic E-state index is 12.9. The van der Waals surface area contributed by atoms with E-state index in [4.69, 9.17) is 11.6 Å². The quantitative estimate of drug-likeness (QED) is 0.921. The SMILES string of the molecule is CC(C)C(C)NS(=O)(=O)c1ccc(F)c(Cl)c1. The van der Waals surface area contributed by atoms with Gasteiger partial charge in [-0.2, -0.15) is 0 Å². The molecule has 1 aromatic carbocycles. The van der Waals surface area contributed by atoms with Crippen LogP contribution < -0.4 is 4.72 Å². The predicted octanol–water partition coefficient (Wildman–Crippen LogP) is 2.80. The van der Waals surface area contributed by atoms with Crippen LogP contribution in [0.3, 0.4) is 0 Å². The smallest absolute Gasteiger partial charge is 0.208 e. The Kier molecular flexibility index (Phi) is 4.52. The van der Waals surface area contributed by atoms with E-state index in [-0.39, 0.29) is 21.9 Å². The van der Waals surface area contributed by atoms with Crippen molar-refractivity contribution in [2.45, 2.75) is 31.7 Å². The molecule has 0 radical (unpaired) electrons. The number of hydrogen-bond donors (Lipinski definition) is 1. The molecule has 0 saturated carbocycles. The molecule has 0 spiro atoms. The fraction of sp³-hybridized carbons (Fsp3) is 0.455. The van der Waals surface area contributed by atoms with Crippen LogP contribution in [0.2, 0.25) is 5.02 Å². The Bertz CT molecular complexity index is 502. The Balaban J connectivity index is 3.01. The minimum atomic E-state index is -3.64. The van der Waals surface area contributed by atoms with Gasteiger partial charge in [0.15, 0.2) is 0 Å². The number of sulfonamides is 1. The largest absolute Gasteiger partial charge is 0.240 e. The summed E-state index contributed by atoms with van der Waals surface area (Å²) >= 11 is 5.55. The van der Waals surface area contributed by atoms with Crippen molar-refractivity contribution < 1.29 is 12.8 Å². The highest BCUT2D eigenvalue weighted by Crippen LogP contribution is 2.19. The van der Waals surface area contributed by atoms with Crippen LogP contribution in [-0.4, -0.2) is 14.5 Å². The first-order chi connectivity index (χ1) is 7.74. The Labute approximate surface area is 106 Å². The maximum Gasteiger partial charge on any atom is 0.240 e. The number of rotatable bonds is 4. The fourth-order valence-corrected chi connectivity index (χ4v) is 2.76. The van der Waals surface area contributed by atoms with Gasteiger partial charge in [-0.05, 0) is 31.0 Å². The molecule has 96 valence electrons. The maximum atomic E-state index is 12.9. The van der Waals surface area contributed by atoms with Crippen molar-refractivity contribution in [3.63, 3.8) is 0 Å². The fourth-order valence-electron chi connectivity index (χ4n) is 1.09. The van der Waals surface area contributed by atoms with Crippen LogP contribution in [0.25, 0.3) is 0 Å². The van der Waals surface area contributed by atoms with Gasteiger partial charge in [0.1, 0.15) is 5.82 Å². The third-order valence-electron chi connectivity index (χ3n) is 2.54. The van der Waals surface area contributed by atoms with Gasteiger partial charge in [0.25, 0.3) is 0 Å². The second-order valence-electron chi connectivity index (χ2n) is 4.23. The standard InChI is InChI=1S/C11H15ClFNO2S/c1-7(2)8(3)14-17(15,16)9-4-5-11(13)10(12)6-9/h4-8,14H,1-3H3. The van der Waals surface area contributed by atoms with Crippen molar-refractivity contribution >= 4 is 21.6 Å². The summed E-state index contributed by atoms with van der Waals surface area (Å²) < 4.78 is 39.3. The molecule has 1 atom stereocenters. The predicted molar refractivity (Wildman–Crippen MR) is 66.0 cm³/mol. The van der Waals surface area contributed by atoms with Crippen molar-refractivity contribution in [2.75, 3.05) is 0 Å². The topological polar surface area (TPSA) is 46.2 Å². The van der Waals surface area contributed by atoms with E-state index in [0.29, 0.717) is 0 Å². The zero-order valence-corrected chi connectivity index (χ0v) is 11.4. The lowest BCUT2D eigenvalue weighted by Gasteiger charge is -2.17. The monoisotopic (exact) mass is 279 g/mol. The molecule has 0 amide bonds. The molecular weight excluding hydrogens is 265 g/mol. The Morgan fingerprint density at radius 2 is 1.88 bits per heavy atom. The van der Waals surface area contributed by atoms with Crippen LogP contribution in [0.1, 0.15) is 20.8 Å². The molecule has 1 unspecified atom stereocenters. The van der Waals surface area contributed by atoms with Gasteiger partial charge in [0, 0.05) is 6.04 Å². The lowest BCUT2D eigenvalue weighted by Crippen LogP contribution is -2.36. The van der Waals surface area contributed by atoms with Crippen molar-refractivity contribution in [2.24, 2.45) is 5.92 Å². The molecule has 6 heteroatoms. The van der Waals surface area contributed by atoms with E-state index in [1.54, 1.807) is 6.92 Å². The molecule has 0 fully saturated rings. The van der Waals surface area contributed by atoms with Crippen molar-refractivity contribution in [1.29, 1.82) is 0 Å². The molecule has 1 N–H and O–H groups in total. The van der Waals surface area contributed by atoms with Crippen LogP contribution in [0, 0.1) is 11.7 Å². The summed E-state index contributed by atoms with van der Waals surface area (Å²) in [5.74, 6) is -0.469. The molecule has 0 heterocycles. The Hall–Kier alpha value is -0.650. The van der Waals surface area contributed by atoms with E-state index in [0.717, 1.165) is 12.1 Å². The summed E-state index contributed by atoms with van der Waals surface area (Å²) in [6, 6.07) is 3.13. The first-order valence-corrected chi connectivity index (χ1v) is 7.07. The third-order valence-corrected chi connectivity index (χ3v) is 4.39. The lowest BCUT2D eigenvalue weighted by atomic mass is 10.1. The van der Waals surface area contributed by atoms with Crippen LogP contribution in [0.5, 0.6) is 0 Å².